The summed E-state index contributed by atoms with van der Waals surface area (Å²) in [6.07, 6.45) is 2.36. The lowest BCUT2D eigenvalue weighted by atomic mass is 10.1. The molecule has 1 amide bonds. The molecule has 3 aromatic heterocycles. The third-order valence-corrected chi connectivity index (χ3v) is 3.86. The molecule has 0 aliphatic carbocycles. The molecule has 2 N–H and O–H groups in total. The zero-order valence-electron chi connectivity index (χ0n) is 14.3. The summed E-state index contributed by atoms with van der Waals surface area (Å²) in [6.45, 7) is 1.95. The minimum Gasteiger partial charge on any atom is -0.359 e. The van der Waals surface area contributed by atoms with Gasteiger partial charge in [-0.1, -0.05) is 6.92 Å². The molecule has 0 spiro atoms. The number of carbonyl (C=O) groups is 1. The summed E-state index contributed by atoms with van der Waals surface area (Å²) in [5, 5.41) is 11.2. The SMILES string of the molecule is CCc1[nH]c(=O)ccc1-c1nc(CC(=O)NC)nn1-c1ccnn1C. The van der Waals surface area contributed by atoms with Gasteiger partial charge in [-0.15, -0.1) is 5.10 Å². The van der Waals surface area contributed by atoms with E-state index in [1.54, 1.807) is 41.8 Å². The zero-order chi connectivity index (χ0) is 18.0. The number of hydrogen-bond donors (Lipinski definition) is 2. The van der Waals surface area contributed by atoms with Gasteiger partial charge in [0.1, 0.15) is 0 Å². The first-order valence-electron chi connectivity index (χ1n) is 7.91. The maximum absolute atomic E-state index is 11.7. The van der Waals surface area contributed by atoms with Crippen molar-refractivity contribution in [2.45, 2.75) is 19.8 Å². The number of aryl methyl sites for hydroxylation is 2. The second kappa shape index (κ2) is 6.71. The first kappa shape index (κ1) is 16.6. The van der Waals surface area contributed by atoms with Gasteiger partial charge in [0.2, 0.25) is 11.5 Å². The molecule has 9 nitrogen and oxygen atoms in total. The number of carbonyl (C=O) groups excluding carboxylic acids is 1. The average Bonchev–Trinajstić information content (AvgIpc) is 3.20. The molecule has 0 aromatic carbocycles. The number of aromatic amines is 1. The van der Waals surface area contributed by atoms with Crippen molar-refractivity contribution >= 4 is 5.91 Å². The van der Waals surface area contributed by atoms with E-state index in [1.165, 1.54) is 6.07 Å². The number of aromatic nitrogens is 6. The van der Waals surface area contributed by atoms with Crippen LogP contribution in [0.15, 0.2) is 29.2 Å². The Labute approximate surface area is 143 Å². The normalized spacial score (nSPS) is 10.8. The van der Waals surface area contributed by atoms with Gasteiger partial charge >= 0.3 is 0 Å². The fraction of sp³-hybridized carbons (Fsp3) is 0.312. The van der Waals surface area contributed by atoms with Crippen LogP contribution in [0.25, 0.3) is 17.2 Å². The highest BCUT2D eigenvalue weighted by atomic mass is 16.1. The van der Waals surface area contributed by atoms with Crippen LogP contribution >= 0.6 is 0 Å². The predicted molar refractivity (Wildman–Crippen MR) is 91.3 cm³/mol. The van der Waals surface area contributed by atoms with Crippen molar-refractivity contribution in [3.8, 4) is 17.2 Å². The Hall–Kier alpha value is -3.23. The lowest BCUT2D eigenvalue weighted by Crippen LogP contribution is -2.20. The van der Waals surface area contributed by atoms with Gasteiger partial charge in [0, 0.05) is 37.5 Å². The molecule has 0 atom stereocenters. The van der Waals surface area contributed by atoms with Gasteiger partial charge in [-0.05, 0) is 12.5 Å². The molecule has 0 aliphatic rings. The van der Waals surface area contributed by atoms with Crippen LogP contribution in [0.1, 0.15) is 18.4 Å². The van der Waals surface area contributed by atoms with Gasteiger partial charge in [-0.25, -0.2) is 4.98 Å². The van der Waals surface area contributed by atoms with Gasteiger partial charge in [0.05, 0.1) is 12.6 Å². The van der Waals surface area contributed by atoms with Gasteiger partial charge in [-0.2, -0.15) is 9.78 Å². The number of hydrogen-bond acceptors (Lipinski definition) is 5. The Bertz CT molecular complexity index is 967. The number of likely N-dealkylation sites (N-methyl/N-ethyl adjacent to an activating group) is 1. The summed E-state index contributed by atoms with van der Waals surface area (Å²) in [5.74, 6) is 1.48. The van der Waals surface area contributed by atoms with E-state index >= 15 is 0 Å². The summed E-state index contributed by atoms with van der Waals surface area (Å²) < 4.78 is 3.30. The summed E-state index contributed by atoms with van der Waals surface area (Å²) in [6, 6.07) is 4.98. The zero-order valence-corrected chi connectivity index (χ0v) is 14.3. The predicted octanol–water partition coefficient (Wildman–Crippen LogP) is 0.207. The van der Waals surface area contributed by atoms with Crippen molar-refractivity contribution in [3.63, 3.8) is 0 Å². The summed E-state index contributed by atoms with van der Waals surface area (Å²) in [5.41, 5.74) is 1.35. The quantitative estimate of drug-likeness (QED) is 0.689. The molecule has 0 bridgehead atoms. The van der Waals surface area contributed by atoms with E-state index in [4.69, 9.17) is 0 Å². The van der Waals surface area contributed by atoms with Crippen molar-refractivity contribution in [2.75, 3.05) is 7.05 Å². The third-order valence-electron chi connectivity index (χ3n) is 3.86. The van der Waals surface area contributed by atoms with Crippen LogP contribution in [-0.4, -0.2) is 42.5 Å². The second-order valence-corrected chi connectivity index (χ2v) is 5.49. The van der Waals surface area contributed by atoms with E-state index in [0.717, 1.165) is 11.3 Å². The monoisotopic (exact) mass is 341 g/mol. The van der Waals surface area contributed by atoms with E-state index in [2.05, 4.69) is 25.5 Å². The third kappa shape index (κ3) is 3.21. The first-order valence-corrected chi connectivity index (χ1v) is 7.91. The Kier molecular flexibility index (Phi) is 4.46. The number of amides is 1. The van der Waals surface area contributed by atoms with Crippen LogP contribution in [0, 0.1) is 0 Å². The van der Waals surface area contributed by atoms with Crippen molar-refractivity contribution < 1.29 is 4.79 Å². The summed E-state index contributed by atoms with van der Waals surface area (Å²) in [4.78, 5) is 30.7. The smallest absolute Gasteiger partial charge is 0.248 e. The molecule has 3 rings (SSSR count). The molecule has 0 saturated heterocycles. The highest BCUT2D eigenvalue weighted by Gasteiger charge is 2.19. The van der Waals surface area contributed by atoms with Crippen molar-refractivity contribution in [1.29, 1.82) is 0 Å². The lowest BCUT2D eigenvalue weighted by molar-refractivity contribution is -0.120. The maximum Gasteiger partial charge on any atom is 0.248 e. The Balaban J connectivity index is 2.19. The molecule has 0 fully saturated rings. The number of pyridine rings is 1. The van der Waals surface area contributed by atoms with Gasteiger partial charge in [-0.3, -0.25) is 14.3 Å². The molecular formula is C16H19N7O2. The van der Waals surface area contributed by atoms with E-state index in [1.807, 2.05) is 6.92 Å². The van der Waals surface area contributed by atoms with Crippen LogP contribution in [0.2, 0.25) is 0 Å². The Morgan fingerprint density at radius 3 is 2.76 bits per heavy atom. The fourth-order valence-corrected chi connectivity index (χ4v) is 2.58. The molecule has 0 aliphatic heterocycles. The van der Waals surface area contributed by atoms with E-state index in [0.29, 0.717) is 23.9 Å². The molecule has 0 unspecified atom stereocenters. The van der Waals surface area contributed by atoms with Crippen LogP contribution in [-0.2, 0) is 24.7 Å². The topological polar surface area (TPSA) is 110 Å². The number of nitrogens with one attached hydrogen (secondary N) is 2. The van der Waals surface area contributed by atoms with E-state index < -0.39 is 0 Å². The van der Waals surface area contributed by atoms with E-state index in [9.17, 15) is 9.59 Å². The van der Waals surface area contributed by atoms with Gasteiger partial charge in [0.15, 0.2) is 17.5 Å². The number of nitrogens with zero attached hydrogens (tertiary/aromatic N) is 5. The van der Waals surface area contributed by atoms with E-state index in [-0.39, 0.29) is 17.9 Å². The van der Waals surface area contributed by atoms with Crippen molar-refractivity contribution in [2.24, 2.45) is 7.05 Å². The highest BCUT2D eigenvalue weighted by molar-refractivity contribution is 5.77. The molecule has 9 heteroatoms. The molecule has 0 saturated carbocycles. The molecule has 25 heavy (non-hydrogen) atoms. The molecule has 3 heterocycles. The average molecular weight is 341 g/mol. The minimum atomic E-state index is -0.175. The fourth-order valence-electron chi connectivity index (χ4n) is 2.58. The first-order chi connectivity index (χ1) is 12.0. The molecular weight excluding hydrogens is 322 g/mol. The number of rotatable bonds is 5. The van der Waals surface area contributed by atoms with Crippen LogP contribution in [0.5, 0.6) is 0 Å². The van der Waals surface area contributed by atoms with Crippen molar-refractivity contribution in [3.05, 3.63) is 46.3 Å². The lowest BCUT2D eigenvalue weighted by Gasteiger charge is -2.09. The summed E-state index contributed by atoms with van der Waals surface area (Å²) >= 11 is 0. The second-order valence-electron chi connectivity index (χ2n) is 5.49. The minimum absolute atomic E-state index is 0.0686. The Morgan fingerprint density at radius 1 is 1.32 bits per heavy atom. The molecule has 130 valence electrons. The van der Waals surface area contributed by atoms with Crippen LogP contribution < -0.4 is 10.9 Å². The standard InChI is InChI=1S/C16H19N7O2/c1-4-11-10(5-6-13(24)19-11)16-20-12(9-14(25)17-2)21-23(16)15-7-8-18-22(15)3/h5-8H,4,9H2,1-3H3,(H,17,25)(H,19,24). The van der Waals surface area contributed by atoms with Gasteiger partial charge in [0.25, 0.3) is 0 Å². The Morgan fingerprint density at radius 2 is 2.12 bits per heavy atom. The largest absolute Gasteiger partial charge is 0.359 e. The summed E-state index contributed by atoms with van der Waals surface area (Å²) in [7, 11) is 3.37. The molecule has 3 aromatic rings. The maximum atomic E-state index is 11.7. The molecule has 0 radical (unpaired) electrons. The number of H-pyrrole nitrogens is 1. The van der Waals surface area contributed by atoms with Crippen molar-refractivity contribution in [1.82, 2.24) is 34.8 Å². The highest BCUT2D eigenvalue weighted by Crippen LogP contribution is 2.23. The van der Waals surface area contributed by atoms with Crippen LogP contribution in [0.4, 0.5) is 0 Å². The van der Waals surface area contributed by atoms with Crippen LogP contribution in [0.3, 0.4) is 0 Å². The van der Waals surface area contributed by atoms with Gasteiger partial charge < -0.3 is 10.3 Å².